The standard InChI is InChI=1S/C16H23N3O/c1-12-2-3-13(9-18-12)8-16(20)19-6-4-14-10-17-11-15(14)5-7-19/h2-3,9,14-15,17H,4-8,10-11H2,1H3/t14-,15+. The molecule has 20 heavy (non-hydrogen) atoms. The van der Waals surface area contributed by atoms with Crippen molar-refractivity contribution in [3.63, 3.8) is 0 Å². The van der Waals surface area contributed by atoms with Crippen molar-refractivity contribution in [1.29, 1.82) is 0 Å². The van der Waals surface area contributed by atoms with Crippen molar-refractivity contribution in [2.75, 3.05) is 26.2 Å². The van der Waals surface area contributed by atoms with Crippen LogP contribution in [0, 0.1) is 18.8 Å². The normalized spacial score (nSPS) is 26.1. The van der Waals surface area contributed by atoms with Crippen LogP contribution in [-0.2, 0) is 11.2 Å². The van der Waals surface area contributed by atoms with Crippen molar-refractivity contribution in [2.45, 2.75) is 26.2 Å². The van der Waals surface area contributed by atoms with E-state index in [1.807, 2.05) is 25.3 Å². The smallest absolute Gasteiger partial charge is 0.227 e. The molecular formula is C16H23N3O. The summed E-state index contributed by atoms with van der Waals surface area (Å²) < 4.78 is 0. The van der Waals surface area contributed by atoms with Gasteiger partial charge in [-0.05, 0) is 56.3 Å². The molecule has 3 rings (SSSR count). The molecule has 2 aliphatic heterocycles. The molecule has 2 atom stereocenters. The van der Waals surface area contributed by atoms with Gasteiger partial charge in [0.2, 0.25) is 5.91 Å². The van der Waals surface area contributed by atoms with Gasteiger partial charge in [0.1, 0.15) is 0 Å². The lowest BCUT2D eigenvalue weighted by molar-refractivity contribution is -0.130. The molecule has 2 aliphatic rings. The number of hydrogen-bond donors (Lipinski definition) is 1. The number of aryl methyl sites for hydroxylation is 1. The largest absolute Gasteiger partial charge is 0.342 e. The van der Waals surface area contributed by atoms with Gasteiger partial charge < -0.3 is 10.2 Å². The third kappa shape index (κ3) is 3.01. The van der Waals surface area contributed by atoms with E-state index in [1.165, 1.54) is 0 Å². The van der Waals surface area contributed by atoms with Gasteiger partial charge in [-0.1, -0.05) is 6.07 Å². The zero-order valence-corrected chi connectivity index (χ0v) is 12.1. The first kappa shape index (κ1) is 13.6. The Morgan fingerprint density at radius 1 is 1.30 bits per heavy atom. The highest BCUT2D eigenvalue weighted by molar-refractivity contribution is 5.78. The minimum atomic E-state index is 0.253. The minimum Gasteiger partial charge on any atom is -0.342 e. The first-order valence-electron chi connectivity index (χ1n) is 7.62. The highest BCUT2D eigenvalue weighted by Crippen LogP contribution is 2.27. The van der Waals surface area contributed by atoms with Gasteiger partial charge >= 0.3 is 0 Å². The van der Waals surface area contributed by atoms with Crippen LogP contribution in [0.15, 0.2) is 18.3 Å². The summed E-state index contributed by atoms with van der Waals surface area (Å²) in [5, 5.41) is 3.47. The lowest BCUT2D eigenvalue weighted by atomic mass is 9.92. The summed E-state index contributed by atoms with van der Waals surface area (Å²) in [4.78, 5) is 18.7. The zero-order valence-electron chi connectivity index (χ0n) is 12.1. The number of carbonyl (C=O) groups is 1. The Labute approximate surface area is 120 Å². The maximum atomic E-state index is 12.4. The molecule has 0 spiro atoms. The molecule has 1 amide bonds. The maximum Gasteiger partial charge on any atom is 0.227 e. The summed E-state index contributed by atoms with van der Waals surface area (Å²) >= 11 is 0. The van der Waals surface area contributed by atoms with Gasteiger partial charge in [-0.2, -0.15) is 0 Å². The van der Waals surface area contributed by atoms with Gasteiger partial charge in [0.15, 0.2) is 0 Å². The number of aromatic nitrogens is 1. The molecular weight excluding hydrogens is 250 g/mol. The number of nitrogens with one attached hydrogen (secondary N) is 1. The number of hydrogen-bond acceptors (Lipinski definition) is 3. The Morgan fingerprint density at radius 2 is 2.00 bits per heavy atom. The number of rotatable bonds is 2. The van der Waals surface area contributed by atoms with E-state index in [1.54, 1.807) is 0 Å². The first-order chi connectivity index (χ1) is 9.72. The second-order valence-electron chi connectivity index (χ2n) is 6.12. The average molecular weight is 273 g/mol. The summed E-state index contributed by atoms with van der Waals surface area (Å²) in [5.41, 5.74) is 2.02. The van der Waals surface area contributed by atoms with Gasteiger partial charge in [-0.15, -0.1) is 0 Å². The van der Waals surface area contributed by atoms with Crippen molar-refractivity contribution < 1.29 is 4.79 Å². The molecule has 2 saturated heterocycles. The summed E-state index contributed by atoms with van der Waals surface area (Å²) in [5.74, 6) is 1.80. The Morgan fingerprint density at radius 3 is 2.60 bits per heavy atom. The summed E-state index contributed by atoms with van der Waals surface area (Å²) in [7, 11) is 0. The molecule has 2 fully saturated rings. The van der Waals surface area contributed by atoms with Crippen molar-refractivity contribution in [3.05, 3.63) is 29.6 Å². The predicted octanol–water partition coefficient (Wildman–Crippen LogP) is 1.39. The van der Waals surface area contributed by atoms with Gasteiger partial charge in [-0.3, -0.25) is 9.78 Å². The van der Waals surface area contributed by atoms with Gasteiger partial charge in [0.05, 0.1) is 6.42 Å². The van der Waals surface area contributed by atoms with Gasteiger partial charge in [0.25, 0.3) is 0 Å². The molecule has 0 bridgehead atoms. The van der Waals surface area contributed by atoms with E-state index in [0.29, 0.717) is 6.42 Å². The summed E-state index contributed by atoms with van der Waals surface area (Å²) in [6.07, 6.45) is 4.61. The second kappa shape index (κ2) is 5.92. The molecule has 0 radical (unpaired) electrons. The van der Waals surface area contributed by atoms with E-state index in [0.717, 1.165) is 62.1 Å². The van der Waals surface area contributed by atoms with Gasteiger partial charge in [-0.25, -0.2) is 0 Å². The predicted molar refractivity (Wildman–Crippen MR) is 78.3 cm³/mol. The molecule has 3 heterocycles. The van der Waals surface area contributed by atoms with E-state index >= 15 is 0 Å². The fourth-order valence-corrected chi connectivity index (χ4v) is 3.36. The molecule has 0 unspecified atom stereocenters. The molecule has 108 valence electrons. The Bertz CT molecular complexity index is 457. The van der Waals surface area contributed by atoms with Crippen molar-refractivity contribution in [3.8, 4) is 0 Å². The average Bonchev–Trinajstić information content (AvgIpc) is 2.80. The summed E-state index contributed by atoms with van der Waals surface area (Å²) in [6, 6.07) is 3.98. The Hall–Kier alpha value is -1.42. The van der Waals surface area contributed by atoms with E-state index in [-0.39, 0.29) is 5.91 Å². The third-order valence-electron chi connectivity index (χ3n) is 4.70. The number of pyridine rings is 1. The highest BCUT2D eigenvalue weighted by Gasteiger charge is 2.31. The molecule has 1 aromatic rings. The zero-order chi connectivity index (χ0) is 13.9. The number of fused-ring (bicyclic) bond motifs is 1. The Kier molecular flexibility index (Phi) is 4.01. The van der Waals surface area contributed by atoms with Crippen LogP contribution in [0.3, 0.4) is 0 Å². The fourth-order valence-electron chi connectivity index (χ4n) is 3.36. The molecule has 0 aromatic carbocycles. The fraction of sp³-hybridized carbons (Fsp3) is 0.625. The quantitative estimate of drug-likeness (QED) is 0.885. The first-order valence-corrected chi connectivity index (χ1v) is 7.62. The van der Waals surface area contributed by atoms with Crippen LogP contribution in [-0.4, -0.2) is 42.0 Å². The third-order valence-corrected chi connectivity index (χ3v) is 4.70. The molecule has 1 aromatic heterocycles. The van der Waals surface area contributed by atoms with Crippen LogP contribution >= 0.6 is 0 Å². The number of nitrogens with zero attached hydrogens (tertiary/aromatic N) is 2. The van der Waals surface area contributed by atoms with E-state index < -0.39 is 0 Å². The lowest BCUT2D eigenvalue weighted by Gasteiger charge is -2.21. The molecule has 4 heteroatoms. The topological polar surface area (TPSA) is 45.2 Å². The van der Waals surface area contributed by atoms with E-state index in [9.17, 15) is 4.79 Å². The number of amides is 1. The van der Waals surface area contributed by atoms with Gasteiger partial charge in [0, 0.05) is 25.0 Å². The Balaban J connectivity index is 1.58. The number of likely N-dealkylation sites (tertiary alicyclic amines) is 1. The monoisotopic (exact) mass is 273 g/mol. The SMILES string of the molecule is Cc1ccc(CC(=O)N2CC[C@@H]3CNC[C@@H]3CC2)cn1. The van der Waals surface area contributed by atoms with Crippen LogP contribution in [0.5, 0.6) is 0 Å². The van der Waals surface area contributed by atoms with E-state index in [2.05, 4.69) is 15.2 Å². The van der Waals surface area contributed by atoms with Crippen LogP contribution in [0.4, 0.5) is 0 Å². The molecule has 4 nitrogen and oxygen atoms in total. The van der Waals surface area contributed by atoms with Crippen LogP contribution in [0.25, 0.3) is 0 Å². The molecule has 1 N–H and O–H groups in total. The lowest BCUT2D eigenvalue weighted by Crippen LogP contribution is -2.33. The number of carbonyl (C=O) groups excluding carboxylic acids is 1. The van der Waals surface area contributed by atoms with Crippen molar-refractivity contribution in [2.24, 2.45) is 11.8 Å². The minimum absolute atomic E-state index is 0.253. The maximum absolute atomic E-state index is 12.4. The molecule has 0 saturated carbocycles. The summed E-state index contributed by atoms with van der Waals surface area (Å²) in [6.45, 7) is 6.07. The van der Waals surface area contributed by atoms with Crippen molar-refractivity contribution >= 4 is 5.91 Å². The molecule has 0 aliphatic carbocycles. The van der Waals surface area contributed by atoms with Crippen molar-refractivity contribution in [1.82, 2.24) is 15.2 Å². The van der Waals surface area contributed by atoms with Crippen LogP contribution in [0.1, 0.15) is 24.1 Å². The van der Waals surface area contributed by atoms with Crippen LogP contribution < -0.4 is 5.32 Å². The highest BCUT2D eigenvalue weighted by atomic mass is 16.2. The van der Waals surface area contributed by atoms with Crippen LogP contribution in [0.2, 0.25) is 0 Å². The second-order valence-corrected chi connectivity index (χ2v) is 6.12. The van der Waals surface area contributed by atoms with E-state index in [4.69, 9.17) is 0 Å².